The van der Waals surface area contributed by atoms with Crippen LogP contribution in [0.15, 0.2) is 71.6 Å². The highest BCUT2D eigenvalue weighted by atomic mass is 35.5. The van der Waals surface area contributed by atoms with E-state index in [1.165, 1.54) is 21.3 Å². The molecule has 0 saturated heterocycles. The lowest BCUT2D eigenvalue weighted by atomic mass is 10.1. The van der Waals surface area contributed by atoms with Crippen molar-refractivity contribution in [3.8, 4) is 5.75 Å². The summed E-state index contributed by atoms with van der Waals surface area (Å²) < 4.78 is 33.4. The molecule has 0 N–H and O–H groups in total. The average molecular weight is 471 g/mol. The van der Waals surface area contributed by atoms with Crippen molar-refractivity contribution in [2.45, 2.75) is 17.9 Å². The summed E-state index contributed by atoms with van der Waals surface area (Å²) in [5.41, 5.74) is 2.74. The zero-order valence-electron chi connectivity index (χ0n) is 17.8. The van der Waals surface area contributed by atoms with Crippen LogP contribution < -0.4 is 9.04 Å². The molecule has 0 unspecified atom stereocenters. The lowest BCUT2D eigenvalue weighted by molar-refractivity contribution is 0.0784. The zero-order valence-corrected chi connectivity index (χ0v) is 19.4. The number of hydrogen-bond donors (Lipinski definition) is 0. The zero-order chi connectivity index (χ0) is 22.9. The normalized spacial score (nSPS) is 13.0. The van der Waals surface area contributed by atoms with Gasteiger partial charge in [-0.05, 0) is 54.4 Å². The number of rotatable bonds is 6. The van der Waals surface area contributed by atoms with Crippen LogP contribution in [0.1, 0.15) is 21.5 Å². The Morgan fingerprint density at radius 1 is 1.09 bits per heavy atom. The van der Waals surface area contributed by atoms with E-state index in [4.69, 9.17) is 16.3 Å². The Bertz CT molecular complexity index is 1280. The summed E-state index contributed by atoms with van der Waals surface area (Å²) in [6.45, 7) is 0.646. The Morgan fingerprint density at radius 2 is 1.88 bits per heavy atom. The van der Waals surface area contributed by atoms with E-state index in [2.05, 4.69) is 0 Å². The summed E-state index contributed by atoms with van der Waals surface area (Å²) in [6, 6.07) is 18.8. The fourth-order valence-corrected chi connectivity index (χ4v) is 5.64. The van der Waals surface area contributed by atoms with E-state index in [0.717, 1.165) is 11.1 Å². The van der Waals surface area contributed by atoms with Crippen molar-refractivity contribution >= 4 is 33.2 Å². The molecule has 0 radical (unpaired) electrons. The second kappa shape index (κ2) is 8.84. The number of para-hydroxylation sites is 1. The van der Waals surface area contributed by atoms with Crippen molar-refractivity contribution < 1.29 is 17.9 Å². The molecule has 1 aliphatic rings. The molecule has 0 spiro atoms. The van der Waals surface area contributed by atoms with E-state index in [1.54, 1.807) is 50.6 Å². The third-order valence-electron chi connectivity index (χ3n) is 5.51. The Morgan fingerprint density at radius 3 is 2.66 bits per heavy atom. The lowest BCUT2D eigenvalue weighted by Gasteiger charge is -2.21. The number of amides is 1. The predicted molar refractivity (Wildman–Crippen MR) is 125 cm³/mol. The van der Waals surface area contributed by atoms with Gasteiger partial charge in [-0.1, -0.05) is 35.9 Å². The number of fused-ring (bicyclic) bond motifs is 1. The molecule has 166 valence electrons. The third kappa shape index (κ3) is 4.18. The van der Waals surface area contributed by atoms with Crippen molar-refractivity contribution in [1.29, 1.82) is 0 Å². The molecule has 8 heteroatoms. The number of anilines is 1. The molecular formula is C24H23ClN2O4S. The first-order valence-electron chi connectivity index (χ1n) is 10.1. The second-order valence-electron chi connectivity index (χ2n) is 7.60. The van der Waals surface area contributed by atoms with Gasteiger partial charge in [0.05, 0.1) is 17.7 Å². The minimum Gasteiger partial charge on any atom is -0.496 e. The first kappa shape index (κ1) is 22.2. The monoisotopic (exact) mass is 470 g/mol. The molecule has 0 atom stereocenters. The third-order valence-corrected chi connectivity index (χ3v) is 7.55. The van der Waals surface area contributed by atoms with Gasteiger partial charge in [-0.2, -0.15) is 0 Å². The van der Waals surface area contributed by atoms with E-state index >= 15 is 0 Å². The van der Waals surface area contributed by atoms with Gasteiger partial charge in [0.1, 0.15) is 5.75 Å². The molecule has 0 fully saturated rings. The van der Waals surface area contributed by atoms with Gasteiger partial charge in [-0.3, -0.25) is 9.10 Å². The van der Waals surface area contributed by atoms with Gasteiger partial charge >= 0.3 is 0 Å². The minimum atomic E-state index is -3.78. The average Bonchev–Trinajstić information content (AvgIpc) is 3.24. The van der Waals surface area contributed by atoms with E-state index < -0.39 is 10.0 Å². The summed E-state index contributed by atoms with van der Waals surface area (Å²) in [4.78, 5) is 14.7. The van der Waals surface area contributed by atoms with Crippen molar-refractivity contribution in [3.63, 3.8) is 0 Å². The van der Waals surface area contributed by atoms with Gasteiger partial charge < -0.3 is 9.64 Å². The number of sulfonamides is 1. The Hall–Kier alpha value is -3.03. The van der Waals surface area contributed by atoms with E-state index in [-0.39, 0.29) is 17.3 Å². The molecule has 3 aromatic rings. The van der Waals surface area contributed by atoms with Crippen LogP contribution in [0.2, 0.25) is 5.02 Å². The largest absolute Gasteiger partial charge is 0.496 e. The molecule has 0 saturated carbocycles. The lowest BCUT2D eigenvalue weighted by Crippen LogP contribution is -2.30. The number of benzene rings is 3. The van der Waals surface area contributed by atoms with E-state index in [1.807, 2.05) is 18.2 Å². The van der Waals surface area contributed by atoms with Crippen molar-refractivity contribution in [3.05, 3.63) is 88.4 Å². The predicted octanol–water partition coefficient (Wildman–Crippen LogP) is 4.37. The van der Waals surface area contributed by atoms with Crippen LogP contribution in [-0.2, 0) is 23.0 Å². The molecule has 1 amide bonds. The van der Waals surface area contributed by atoms with Crippen LogP contribution in [-0.4, -0.2) is 39.9 Å². The summed E-state index contributed by atoms with van der Waals surface area (Å²) >= 11 is 6.09. The van der Waals surface area contributed by atoms with Gasteiger partial charge in [-0.15, -0.1) is 0 Å². The topological polar surface area (TPSA) is 66.9 Å². The molecule has 6 nitrogen and oxygen atoms in total. The molecule has 1 aliphatic heterocycles. The molecule has 3 aromatic carbocycles. The smallest absolute Gasteiger partial charge is 0.264 e. The summed E-state index contributed by atoms with van der Waals surface area (Å²) in [5.74, 6) is 0.323. The Balaban J connectivity index is 1.59. The van der Waals surface area contributed by atoms with Gasteiger partial charge in [0.15, 0.2) is 0 Å². The molecule has 1 heterocycles. The molecular weight excluding hydrogens is 448 g/mol. The molecule has 32 heavy (non-hydrogen) atoms. The maximum atomic E-state index is 13.3. The number of methoxy groups -OCH3 is 1. The molecule has 4 rings (SSSR count). The Labute approximate surface area is 193 Å². The maximum Gasteiger partial charge on any atom is 0.264 e. The van der Waals surface area contributed by atoms with Crippen LogP contribution in [0, 0.1) is 0 Å². The van der Waals surface area contributed by atoms with Gasteiger partial charge in [0, 0.05) is 36.3 Å². The molecule has 0 aromatic heterocycles. The number of carbonyl (C=O) groups is 1. The summed E-state index contributed by atoms with van der Waals surface area (Å²) in [5, 5.41) is 0.542. The number of halogens is 1. The first-order valence-corrected chi connectivity index (χ1v) is 11.9. The van der Waals surface area contributed by atoms with Gasteiger partial charge in [0.2, 0.25) is 0 Å². The molecule has 0 aliphatic carbocycles. The van der Waals surface area contributed by atoms with E-state index in [9.17, 15) is 13.2 Å². The Kier molecular flexibility index (Phi) is 6.13. The first-order chi connectivity index (χ1) is 15.3. The number of ether oxygens (including phenoxy) is 1. The van der Waals surface area contributed by atoms with Crippen LogP contribution >= 0.6 is 11.6 Å². The van der Waals surface area contributed by atoms with Crippen LogP contribution in [0.5, 0.6) is 5.75 Å². The van der Waals surface area contributed by atoms with Crippen molar-refractivity contribution in [1.82, 2.24) is 4.90 Å². The quantitative estimate of drug-likeness (QED) is 0.536. The maximum absolute atomic E-state index is 13.3. The minimum absolute atomic E-state index is 0.0915. The summed E-state index contributed by atoms with van der Waals surface area (Å²) in [6.07, 6.45) is 0.665. The highest BCUT2D eigenvalue weighted by Gasteiger charge is 2.31. The number of carbonyl (C=O) groups excluding carboxylic acids is 1. The van der Waals surface area contributed by atoms with Crippen LogP contribution in [0.25, 0.3) is 0 Å². The van der Waals surface area contributed by atoms with Crippen molar-refractivity contribution in [2.75, 3.05) is 25.0 Å². The highest BCUT2D eigenvalue weighted by Crippen LogP contribution is 2.33. The number of nitrogens with zero attached hydrogens (tertiary/aromatic N) is 2. The van der Waals surface area contributed by atoms with Gasteiger partial charge in [0.25, 0.3) is 15.9 Å². The van der Waals surface area contributed by atoms with Crippen molar-refractivity contribution in [2.24, 2.45) is 0 Å². The molecule has 0 bridgehead atoms. The SMILES string of the molecule is COc1ccc(Cl)cc1CN(C)C(=O)c1cccc(S(=O)(=O)N2CCc3ccccc32)c1. The van der Waals surface area contributed by atoms with Crippen LogP contribution in [0.3, 0.4) is 0 Å². The van der Waals surface area contributed by atoms with Crippen LogP contribution in [0.4, 0.5) is 5.69 Å². The summed E-state index contributed by atoms with van der Waals surface area (Å²) in [7, 11) is -0.576. The highest BCUT2D eigenvalue weighted by molar-refractivity contribution is 7.92. The fourth-order valence-electron chi connectivity index (χ4n) is 3.89. The van der Waals surface area contributed by atoms with E-state index in [0.29, 0.717) is 35.0 Å². The number of hydrogen-bond acceptors (Lipinski definition) is 4. The fraction of sp³-hybridized carbons (Fsp3) is 0.208. The second-order valence-corrected chi connectivity index (χ2v) is 9.90. The van der Waals surface area contributed by atoms with Gasteiger partial charge in [-0.25, -0.2) is 8.42 Å². The standard InChI is InChI=1S/C24H23ClN2O4S/c1-26(16-19-14-20(25)10-11-23(19)31-2)24(28)18-7-5-8-21(15-18)32(29,30)27-13-12-17-6-3-4-9-22(17)27/h3-11,14-15H,12-13,16H2,1-2H3.